The van der Waals surface area contributed by atoms with Crippen molar-refractivity contribution in [2.45, 2.75) is 33.1 Å². The zero-order chi connectivity index (χ0) is 23.0. The van der Waals surface area contributed by atoms with Crippen LogP contribution in [0.15, 0.2) is 36.4 Å². The molecule has 2 rings (SSSR count). The molecular weight excluding hydrogens is 404 g/mol. The zero-order valence-electron chi connectivity index (χ0n) is 17.6. The van der Waals surface area contributed by atoms with Crippen LogP contribution in [-0.2, 0) is 14.3 Å². The van der Waals surface area contributed by atoms with Gasteiger partial charge < -0.3 is 14.8 Å². The first-order valence-electron chi connectivity index (χ1n) is 9.59. The molecule has 9 nitrogen and oxygen atoms in total. The molecule has 0 heterocycles. The number of carbonyl (C=O) groups excluding carboxylic acids is 3. The van der Waals surface area contributed by atoms with Crippen LogP contribution in [-0.4, -0.2) is 36.3 Å². The number of amides is 1. The standard InChI is InChI=1S/C22H24N2O7/c1-14-7-8-15(2)17(11-14)23-21(26)5-4-6-22(27)31-13-19(25)16-9-10-20(30-3)18(12-16)24(28)29/h7-12H,4-6,13H2,1-3H3,(H,23,26). The third-order valence-corrected chi connectivity index (χ3v) is 4.51. The summed E-state index contributed by atoms with van der Waals surface area (Å²) in [7, 11) is 1.29. The molecular formula is C22H24N2O7. The molecule has 0 spiro atoms. The van der Waals surface area contributed by atoms with Crippen LogP contribution in [0.2, 0.25) is 0 Å². The highest BCUT2D eigenvalue weighted by Crippen LogP contribution is 2.27. The van der Waals surface area contributed by atoms with E-state index in [1.54, 1.807) is 0 Å². The maximum atomic E-state index is 12.2. The van der Waals surface area contributed by atoms with Crippen LogP contribution in [0.3, 0.4) is 0 Å². The van der Waals surface area contributed by atoms with Crippen molar-refractivity contribution in [2.24, 2.45) is 0 Å². The summed E-state index contributed by atoms with van der Waals surface area (Å²) >= 11 is 0. The molecule has 0 saturated heterocycles. The molecule has 1 N–H and O–H groups in total. The molecule has 0 aliphatic carbocycles. The summed E-state index contributed by atoms with van der Waals surface area (Å²) in [5.41, 5.74) is 2.38. The third-order valence-electron chi connectivity index (χ3n) is 4.51. The molecule has 0 bridgehead atoms. The number of esters is 1. The Hall–Kier alpha value is -3.75. The number of benzene rings is 2. The van der Waals surface area contributed by atoms with Crippen LogP contribution in [0.4, 0.5) is 11.4 Å². The van der Waals surface area contributed by atoms with Gasteiger partial charge in [-0.05, 0) is 49.6 Å². The fourth-order valence-electron chi connectivity index (χ4n) is 2.78. The number of ketones is 1. The van der Waals surface area contributed by atoms with E-state index in [1.807, 2.05) is 32.0 Å². The Labute approximate surface area is 179 Å². The quantitative estimate of drug-likeness (QED) is 0.264. The molecule has 0 unspecified atom stereocenters. The smallest absolute Gasteiger partial charge is 0.311 e. The number of rotatable bonds is 10. The van der Waals surface area contributed by atoms with Gasteiger partial charge in [-0.2, -0.15) is 0 Å². The first-order chi connectivity index (χ1) is 14.7. The van der Waals surface area contributed by atoms with E-state index < -0.39 is 23.3 Å². The van der Waals surface area contributed by atoms with Crippen LogP contribution in [0, 0.1) is 24.0 Å². The molecule has 2 aromatic rings. The summed E-state index contributed by atoms with van der Waals surface area (Å²) in [5, 5.41) is 13.9. The van der Waals surface area contributed by atoms with E-state index in [0.29, 0.717) is 0 Å². The van der Waals surface area contributed by atoms with Gasteiger partial charge in [-0.3, -0.25) is 24.5 Å². The lowest BCUT2D eigenvalue weighted by atomic mass is 10.1. The molecule has 164 valence electrons. The minimum atomic E-state index is -0.662. The molecule has 0 radical (unpaired) electrons. The molecule has 0 atom stereocenters. The van der Waals surface area contributed by atoms with Crippen LogP contribution in [0.5, 0.6) is 5.75 Å². The Balaban J connectivity index is 1.78. The molecule has 31 heavy (non-hydrogen) atoms. The van der Waals surface area contributed by atoms with Gasteiger partial charge in [0.1, 0.15) is 0 Å². The summed E-state index contributed by atoms with van der Waals surface area (Å²) in [6.45, 7) is 3.27. The van der Waals surface area contributed by atoms with E-state index in [4.69, 9.17) is 9.47 Å². The van der Waals surface area contributed by atoms with Crippen LogP contribution in [0.25, 0.3) is 0 Å². The number of ether oxygens (including phenoxy) is 2. The first-order valence-corrected chi connectivity index (χ1v) is 9.59. The predicted molar refractivity (Wildman–Crippen MR) is 113 cm³/mol. The maximum absolute atomic E-state index is 12.2. The second-order valence-electron chi connectivity index (χ2n) is 6.95. The number of aryl methyl sites for hydroxylation is 2. The van der Waals surface area contributed by atoms with Gasteiger partial charge in [-0.15, -0.1) is 0 Å². The fraction of sp³-hybridized carbons (Fsp3) is 0.318. The molecule has 2 aromatic carbocycles. The Bertz CT molecular complexity index is 1000. The van der Waals surface area contributed by atoms with Gasteiger partial charge in [-0.25, -0.2) is 0 Å². The highest BCUT2D eigenvalue weighted by atomic mass is 16.6. The largest absolute Gasteiger partial charge is 0.490 e. The third kappa shape index (κ3) is 6.91. The molecule has 1 amide bonds. The fourth-order valence-corrected chi connectivity index (χ4v) is 2.78. The first kappa shape index (κ1) is 23.5. The van der Waals surface area contributed by atoms with E-state index in [2.05, 4.69) is 5.32 Å². The van der Waals surface area contributed by atoms with Crippen molar-refractivity contribution in [1.82, 2.24) is 0 Å². The number of nitrogens with zero attached hydrogens (tertiary/aromatic N) is 1. The number of Topliss-reactive ketones (excluding diaryl/α,β-unsaturated/α-hetero) is 1. The number of hydrogen-bond donors (Lipinski definition) is 1. The van der Waals surface area contributed by atoms with Gasteiger partial charge in [0.25, 0.3) is 0 Å². The molecule has 0 aliphatic rings. The van der Waals surface area contributed by atoms with Crippen molar-refractivity contribution in [3.8, 4) is 5.75 Å². The lowest BCUT2D eigenvalue weighted by Crippen LogP contribution is -2.16. The highest BCUT2D eigenvalue weighted by molar-refractivity contribution is 5.98. The van der Waals surface area contributed by atoms with E-state index in [1.165, 1.54) is 19.2 Å². The number of nitro groups is 1. The number of nitrogens with one attached hydrogen (secondary N) is 1. The van der Waals surface area contributed by atoms with Crippen molar-refractivity contribution in [3.63, 3.8) is 0 Å². The monoisotopic (exact) mass is 428 g/mol. The zero-order valence-corrected chi connectivity index (χ0v) is 17.6. The van der Waals surface area contributed by atoms with E-state index in [9.17, 15) is 24.5 Å². The Kier molecular flexibility index (Phi) is 8.25. The summed E-state index contributed by atoms with van der Waals surface area (Å²) in [4.78, 5) is 46.5. The van der Waals surface area contributed by atoms with Crippen molar-refractivity contribution in [3.05, 3.63) is 63.2 Å². The Morgan fingerprint density at radius 3 is 2.48 bits per heavy atom. The predicted octanol–water partition coefficient (Wildman–Crippen LogP) is 3.76. The number of carbonyl (C=O) groups is 3. The van der Waals surface area contributed by atoms with Gasteiger partial charge in [0.05, 0.1) is 12.0 Å². The number of methoxy groups -OCH3 is 1. The molecule has 0 aliphatic heterocycles. The average molecular weight is 428 g/mol. The number of nitro benzene ring substituents is 1. The van der Waals surface area contributed by atoms with Gasteiger partial charge in [0, 0.05) is 30.2 Å². The minimum Gasteiger partial charge on any atom is -0.490 e. The summed E-state index contributed by atoms with van der Waals surface area (Å²) < 4.78 is 9.81. The second-order valence-corrected chi connectivity index (χ2v) is 6.95. The lowest BCUT2D eigenvalue weighted by molar-refractivity contribution is -0.385. The van der Waals surface area contributed by atoms with Crippen LogP contribution in [0.1, 0.15) is 40.7 Å². The Morgan fingerprint density at radius 2 is 1.81 bits per heavy atom. The van der Waals surface area contributed by atoms with Crippen molar-refractivity contribution in [1.29, 1.82) is 0 Å². The molecule has 0 fully saturated rings. The Morgan fingerprint density at radius 1 is 1.06 bits per heavy atom. The van der Waals surface area contributed by atoms with E-state index in [-0.39, 0.29) is 42.2 Å². The van der Waals surface area contributed by atoms with Crippen LogP contribution >= 0.6 is 0 Å². The van der Waals surface area contributed by atoms with Gasteiger partial charge >= 0.3 is 11.7 Å². The van der Waals surface area contributed by atoms with Crippen LogP contribution < -0.4 is 10.1 Å². The molecule has 0 saturated carbocycles. The van der Waals surface area contributed by atoms with Crippen molar-refractivity contribution in [2.75, 3.05) is 19.0 Å². The summed E-state index contributed by atoms with van der Waals surface area (Å²) in [6, 6.07) is 9.48. The van der Waals surface area contributed by atoms with E-state index in [0.717, 1.165) is 22.9 Å². The molecule has 0 aromatic heterocycles. The number of hydrogen-bond acceptors (Lipinski definition) is 7. The van der Waals surface area contributed by atoms with E-state index >= 15 is 0 Å². The topological polar surface area (TPSA) is 125 Å². The van der Waals surface area contributed by atoms with Gasteiger partial charge in [0.15, 0.2) is 12.4 Å². The normalized spacial score (nSPS) is 10.3. The summed E-state index contributed by atoms with van der Waals surface area (Å²) in [6.07, 6.45) is 0.356. The van der Waals surface area contributed by atoms with Gasteiger partial charge in [-0.1, -0.05) is 12.1 Å². The number of anilines is 1. The SMILES string of the molecule is COc1ccc(C(=O)COC(=O)CCCC(=O)Nc2cc(C)ccc2C)cc1[N+](=O)[O-]. The second kappa shape index (κ2) is 10.9. The van der Waals surface area contributed by atoms with Crippen molar-refractivity contribution >= 4 is 29.0 Å². The minimum absolute atomic E-state index is 0.0256. The van der Waals surface area contributed by atoms with Gasteiger partial charge in [0.2, 0.25) is 11.7 Å². The average Bonchev–Trinajstić information content (AvgIpc) is 2.74. The molecule has 9 heteroatoms. The lowest BCUT2D eigenvalue weighted by Gasteiger charge is -2.09. The van der Waals surface area contributed by atoms with Crippen molar-refractivity contribution < 1.29 is 28.8 Å². The highest BCUT2D eigenvalue weighted by Gasteiger charge is 2.19. The maximum Gasteiger partial charge on any atom is 0.311 e. The summed E-state index contributed by atoms with van der Waals surface area (Å²) in [5.74, 6) is -1.40.